The van der Waals surface area contributed by atoms with Gasteiger partial charge in [0.05, 0.1) is 82.1 Å². The fourth-order valence-electron chi connectivity index (χ4n) is 10.2. The van der Waals surface area contributed by atoms with Crippen LogP contribution in [0.1, 0.15) is 49.2 Å². The lowest BCUT2D eigenvalue weighted by Crippen LogP contribution is -2.55. The fraction of sp³-hybridized carbons (Fsp3) is 0.500. The van der Waals surface area contributed by atoms with Gasteiger partial charge in [0.1, 0.15) is 18.1 Å². The summed E-state index contributed by atoms with van der Waals surface area (Å²) in [7, 11) is 1.53. The molecular formula is C56H73Cl2N11O15. The van der Waals surface area contributed by atoms with Crippen LogP contribution in [0.4, 0.5) is 10.5 Å². The molecule has 2 saturated heterocycles. The van der Waals surface area contributed by atoms with E-state index in [1.807, 2.05) is 26.0 Å². The van der Waals surface area contributed by atoms with Crippen molar-refractivity contribution in [3.63, 3.8) is 0 Å². The molecule has 456 valence electrons. The number of morpholine rings is 1. The van der Waals surface area contributed by atoms with Gasteiger partial charge in [-0.3, -0.25) is 48.4 Å². The minimum Gasteiger partial charge on any atom is -0.496 e. The van der Waals surface area contributed by atoms with Crippen LogP contribution < -0.4 is 30.7 Å². The Morgan fingerprint density at radius 1 is 0.702 bits per heavy atom. The minimum absolute atomic E-state index is 0.0249. The summed E-state index contributed by atoms with van der Waals surface area (Å²) in [6, 6.07) is 15.2. The van der Waals surface area contributed by atoms with Crippen LogP contribution in [0.2, 0.25) is 10.0 Å². The molecule has 2 atom stereocenters. The second-order valence-corrected chi connectivity index (χ2v) is 22.2. The highest BCUT2D eigenvalue weighted by Gasteiger charge is 2.39. The minimum atomic E-state index is -1.22. The van der Waals surface area contributed by atoms with Crippen LogP contribution in [0.3, 0.4) is 0 Å². The average molecular weight is 1210 g/mol. The predicted molar refractivity (Wildman–Crippen MR) is 309 cm³/mol. The van der Waals surface area contributed by atoms with E-state index in [1.165, 1.54) is 7.11 Å². The number of halogens is 2. The number of hydrogen-bond acceptors (Lipinski definition) is 17. The van der Waals surface area contributed by atoms with Crippen molar-refractivity contribution in [1.29, 1.82) is 0 Å². The third-order valence-corrected chi connectivity index (χ3v) is 14.8. The van der Waals surface area contributed by atoms with Crippen LogP contribution in [0.15, 0.2) is 54.6 Å². The number of amides is 5. The van der Waals surface area contributed by atoms with Crippen molar-refractivity contribution in [3.05, 3.63) is 75.9 Å². The van der Waals surface area contributed by atoms with E-state index in [0.29, 0.717) is 80.6 Å². The van der Waals surface area contributed by atoms with Gasteiger partial charge in [0.2, 0.25) is 11.8 Å². The van der Waals surface area contributed by atoms with Gasteiger partial charge in [-0.2, -0.15) is 5.10 Å². The Kier molecular flexibility index (Phi) is 23.1. The Morgan fingerprint density at radius 2 is 1.29 bits per heavy atom. The number of benzene rings is 3. The summed E-state index contributed by atoms with van der Waals surface area (Å²) < 4.78 is 19.5. The number of nitrogens with zero attached hydrogens (tertiary/aromatic N) is 7. The Bertz CT molecular complexity index is 2970. The molecule has 84 heavy (non-hydrogen) atoms. The van der Waals surface area contributed by atoms with Crippen molar-refractivity contribution in [1.82, 2.24) is 50.2 Å². The Balaban J connectivity index is 0.882. The number of carbonyl (C=O) groups excluding carboxylic acids is 4. The Hall–Kier alpha value is -7.14. The number of fused-ring (bicyclic) bond motifs is 3. The number of carboxylic acid groups (broad SMARTS) is 3. The number of urea groups is 1. The van der Waals surface area contributed by atoms with Gasteiger partial charge in [-0.1, -0.05) is 35.3 Å². The van der Waals surface area contributed by atoms with Crippen LogP contribution in [-0.2, 0) is 35.3 Å². The summed E-state index contributed by atoms with van der Waals surface area (Å²) in [6.45, 7) is 6.04. The second-order valence-electron chi connectivity index (χ2n) is 21.4. The van der Waals surface area contributed by atoms with E-state index in [9.17, 15) is 59.1 Å². The molecule has 3 aliphatic heterocycles. The molecule has 1 aromatic heterocycles. The quantitative estimate of drug-likeness (QED) is 0.0482. The second kappa shape index (κ2) is 30.1. The molecule has 0 spiro atoms. The molecule has 9 N–H and O–H groups in total. The zero-order valence-corrected chi connectivity index (χ0v) is 48.6. The summed E-state index contributed by atoms with van der Waals surface area (Å²) in [5.74, 6) is -3.46. The highest BCUT2D eigenvalue weighted by atomic mass is 35.5. The number of aliphatic carboxylic acids is 3. The molecule has 0 radical (unpaired) electrons. The van der Waals surface area contributed by atoms with Crippen LogP contribution in [-0.4, -0.2) is 244 Å². The van der Waals surface area contributed by atoms with Crippen molar-refractivity contribution >= 4 is 70.5 Å². The maximum atomic E-state index is 14.4. The maximum absolute atomic E-state index is 14.4. The third kappa shape index (κ3) is 18.4. The van der Waals surface area contributed by atoms with E-state index >= 15 is 0 Å². The lowest BCUT2D eigenvalue weighted by molar-refractivity contribution is -0.140. The lowest BCUT2D eigenvalue weighted by atomic mass is 9.95. The van der Waals surface area contributed by atoms with Crippen molar-refractivity contribution < 1.29 is 73.3 Å². The highest BCUT2D eigenvalue weighted by molar-refractivity contribution is 6.34. The number of aliphatic hydroxyl groups excluding tert-OH is 2. The summed E-state index contributed by atoms with van der Waals surface area (Å²) in [6.07, 6.45) is -2.74. The molecule has 2 unspecified atom stereocenters. The van der Waals surface area contributed by atoms with Crippen LogP contribution in [0, 0.1) is 0 Å². The van der Waals surface area contributed by atoms with E-state index in [1.54, 1.807) is 71.6 Å². The fourth-order valence-corrected chi connectivity index (χ4v) is 10.7. The summed E-state index contributed by atoms with van der Waals surface area (Å²) >= 11 is 13.0. The number of carbonyl (C=O) groups is 7. The van der Waals surface area contributed by atoms with Gasteiger partial charge in [-0.25, -0.2) is 9.48 Å². The van der Waals surface area contributed by atoms with E-state index < -0.39 is 53.5 Å². The van der Waals surface area contributed by atoms with E-state index in [4.69, 9.17) is 42.5 Å². The SMILES string of the molecule is COc1cc2c(cc1-c1cccc(NC(=O)NCCNC(=O)CC(O)CC(O)CCNC(=O)CN3CCN(CC(=O)O)CCN(CC(=O)O)CCN(CC(=O)O)CC3)c1)-c1c(c(C(=O)N3CCOCC3(C)C)nn1-c1cc(Cl)cc(Cl)c1)CO2. The molecule has 4 aromatic rings. The summed E-state index contributed by atoms with van der Waals surface area (Å²) in [5, 5.41) is 66.2. The molecule has 3 aromatic carbocycles. The number of rotatable bonds is 23. The van der Waals surface area contributed by atoms with Crippen molar-refractivity contribution in [2.24, 2.45) is 0 Å². The standard InChI is InChI=1S/C56H73Cl2N11O15/c1-56(2)34-83-20-19-68(56)54(80)52-44-33-84-46-28-45(82-3)42(27-43(46)53(44)69(63-52)39-23-36(57)22-37(58)24-39)35-5-4-6-38(21-35)62-55(81)61-10-9-60-47(72)26-41(71)25-40(70)7-8-59-48(73)29-64-11-13-65(30-49(74)75)15-17-67(32-51(78)79)18-16-66(14-12-64)31-50(76)77/h4-6,21-24,27-28,40-41,70-71H,7-20,25-26,29-34H2,1-3H3,(H,59,73)(H,60,72)(H,74,75)(H,76,77)(H,78,79)(H2,61,62,81). The molecule has 0 saturated carbocycles. The van der Waals surface area contributed by atoms with E-state index in [-0.39, 0.29) is 136 Å². The molecule has 28 heteroatoms. The molecule has 3 aliphatic rings. The Morgan fingerprint density at radius 3 is 1.87 bits per heavy atom. The zero-order valence-electron chi connectivity index (χ0n) is 47.1. The largest absolute Gasteiger partial charge is 0.496 e. The zero-order chi connectivity index (χ0) is 60.7. The van der Waals surface area contributed by atoms with Crippen LogP contribution in [0.25, 0.3) is 28.1 Å². The predicted octanol–water partition coefficient (Wildman–Crippen LogP) is 2.39. The van der Waals surface area contributed by atoms with E-state index in [0.717, 1.165) is 0 Å². The molecule has 4 heterocycles. The molecular weight excluding hydrogens is 1140 g/mol. The highest BCUT2D eigenvalue weighted by Crippen LogP contribution is 2.47. The monoisotopic (exact) mass is 1210 g/mol. The molecule has 7 rings (SSSR count). The maximum Gasteiger partial charge on any atom is 0.319 e. The van der Waals surface area contributed by atoms with Crippen LogP contribution >= 0.6 is 23.2 Å². The lowest BCUT2D eigenvalue weighted by Gasteiger charge is -2.41. The van der Waals surface area contributed by atoms with Crippen molar-refractivity contribution in [2.75, 3.05) is 130 Å². The van der Waals surface area contributed by atoms with Crippen molar-refractivity contribution in [3.8, 4) is 39.6 Å². The van der Waals surface area contributed by atoms with Gasteiger partial charge in [-0.05, 0) is 68.7 Å². The summed E-state index contributed by atoms with van der Waals surface area (Å²) in [5.41, 5.74) is 3.64. The summed E-state index contributed by atoms with van der Waals surface area (Å²) in [4.78, 5) is 96.5. The van der Waals surface area contributed by atoms with Crippen LogP contribution in [0.5, 0.6) is 11.5 Å². The number of ether oxygens (including phenoxy) is 3. The molecule has 0 aliphatic carbocycles. The molecule has 26 nitrogen and oxygen atoms in total. The van der Waals surface area contributed by atoms with Gasteiger partial charge in [0, 0.05) is 117 Å². The number of anilines is 1. The topological polar surface area (TPSA) is 330 Å². The molecule has 5 amide bonds. The number of carboxylic acids is 3. The van der Waals surface area contributed by atoms with Crippen molar-refractivity contribution in [2.45, 2.75) is 57.5 Å². The third-order valence-electron chi connectivity index (χ3n) is 14.4. The van der Waals surface area contributed by atoms with Gasteiger partial charge >= 0.3 is 23.9 Å². The average Bonchev–Trinajstić information content (AvgIpc) is 1.74. The van der Waals surface area contributed by atoms with Gasteiger partial charge in [0.15, 0.2) is 5.69 Å². The number of nitrogens with one attached hydrogen (secondary N) is 4. The first kappa shape index (κ1) is 64.4. The number of methoxy groups -OCH3 is 1. The first-order chi connectivity index (χ1) is 40.0. The van der Waals surface area contributed by atoms with E-state index in [2.05, 4.69) is 21.3 Å². The first-order valence-corrected chi connectivity index (χ1v) is 28.2. The molecule has 0 bridgehead atoms. The molecule has 2 fully saturated rings. The van der Waals surface area contributed by atoms with Gasteiger partial charge < -0.3 is 65.9 Å². The van der Waals surface area contributed by atoms with Gasteiger partial charge in [0.25, 0.3) is 5.91 Å². The number of hydrogen-bond donors (Lipinski definition) is 9. The normalized spacial score (nSPS) is 17.0. The van der Waals surface area contributed by atoms with Gasteiger partial charge in [-0.15, -0.1) is 0 Å². The smallest absolute Gasteiger partial charge is 0.319 e. The first-order valence-electron chi connectivity index (χ1n) is 27.5. The number of aromatic nitrogens is 2. The number of aliphatic hydroxyl groups is 2. The Labute approximate surface area is 495 Å².